The molecule has 1 rings (SSSR count). The summed E-state index contributed by atoms with van der Waals surface area (Å²) in [6.07, 6.45) is 0.858. The Balaban J connectivity index is 2.39. The number of carbonyl (C=O) groups is 1. The lowest BCUT2D eigenvalue weighted by atomic mass is 10.4. The molecule has 0 radical (unpaired) electrons. The molecule has 1 heterocycles. The zero-order chi connectivity index (χ0) is 9.84. The fourth-order valence-electron chi connectivity index (χ4n) is 0.743. The van der Waals surface area contributed by atoms with Gasteiger partial charge in [-0.05, 0) is 6.92 Å². The maximum absolute atomic E-state index is 10.4. The number of hydrogen-bond acceptors (Lipinski definition) is 4. The smallest absolute Gasteiger partial charge is 0.332 e. The predicted molar refractivity (Wildman–Crippen MR) is 42.9 cm³/mol. The fraction of sp³-hybridized carbons (Fsp3) is 0.571. The Labute approximate surface area is 75.1 Å². The highest BCUT2D eigenvalue weighted by molar-refractivity contribution is 5.71. The summed E-state index contributed by atoms with van der Waals surface area (Å²) in [6.45, 7) is 1.64. The van der Waals surface area contributed by atoms with Gasteiger partial charge in [-0.2, -0.15) is 0 Å². The molecule has 1 atom stereocenters. The van der Waals surface area contributed by atoms with Crippen molar-refractivity contribution in [2.45, 2.75) is 19.6 Å². The van der Waals surface area contributed by atoms with E-state index in [9.17, 15) is 4.79 Å². The molecule has 1 aromatic heterocycles. The summed E-state index contributed by atoms with van der Waals surface area (Å²) in [5.74, 6) is -0.983. The number of carboxylic acids is 1. The van der Waals surface area contributed by atoms with Gasteiger partial charge in [0.1, 0.15) is 5.69 Å². The van der Waals surface area contributed by atoms with E-state index in [-0.39, 0.29) is 6.61 Å². The maximum atomic E-state index is 10.4. The molecular formula is C7H11N3O3. The number of hydrogen-bond donors (Lipinski definition) is 1. The quantitative estimate of drug-likeness (QED) is 0.703. The van der Waals surface area contributed by atoms with Gasteiger partial charge in [0.05, 0.1) is 12.8 Å². The van der Waals surface area contributed by atoms with E-state index in [1.54, 1.807) is 13.2 Å². The Hall–Kier alpha value is -1.43. The zero-order valence-electron chi connectivity index (χ0n) is 7.47. The molecule has 0 aliphatic carbocycles. The normalized spacial score (nSPS) is 12.8. The minimum absolute atomic E-state index is 0.168. The van der Waals surface area contributed by atoms with Gasteiger partial charge in [-0.25, -0.2) is 4.79 Å². The van der Waals surface area contributed by atoms with Crippen molar-refractivity contribution in [3.63, 3.8) is 0 Å². The molecule has 6 nitrogen and oxygen atoms in total. The monoisotopic (exact) mass is 185 g/mol. The third kappa shape index (κ3) is 2.83. The van der Waals surface area contributed by atoms with Gasteiger partial charge in [0, 0.05) is 7.05 Å². The van der Waals surface area contributed by atoms with Crippen LogP contribution in [0.3, 0.4) is 0 Å². The predicted octanol–water partition coefficient (Wildman–Crippen LogP) is -0.195. The Morgan fingerprint density at radius 1 is 1.85 bits per heavy atom. The third-order valence-corrected chi connectivity index (χ3v) is 1.48. The summed E-state index contributed by atoms with van der Waals surface area (Å²) in [7, 11) is 1.73. The summed E-state index contributed by atoms with van der Waals surface area (Å²) in [5, 5.41) is 15.9. The van der Waals surface area contributed by atoms with Crippen LogP contribution in [0.2, 0.25) is 0 Å². The summed E-state index contributed by atoms with van der Waals surface area (Å²) in [4.78, 5) is 10.4. The standard InChI is InChI=1S/C7H11N3O3/c1-5(7(11)12)13-4-6-3-10(2)9-8-6/h3,5H,4H2,1-2H3,(H,11,12)/t5-/m0/s1. The van der Waals surface area contributed by atoms with Gasteiger partial charge in [0.15, 0.2) is 6.10 Å². The Morgan fingerprint density at radius 2 is 2.54 bits per heavy atom. The molecule has 0 saturated heterocycles. The number of rotatable bonds is 4. The van der Waals surface area contributed by atoms with Crippen molar-refractivity contribution in [1.29, 1.82) is 0 Å². The molecule has 1 aromatic rings. The number of aromatic nitrogens is 3. The van der Waals surface area contributed by atoms with E-state index >= 15 is 0 Å². The molecule has 0 aromatic carbocycles. The molecular weight excluding hydrogens is 174 g/mol. The highest BCUT2D eigenvalue weighted by Crippen LogP contribution is 1.98. The fourth-order valence-corrected chi connectivity index (χ4v) is 0.743. The Bertz CT molecular complexity index is 297. The van der Waals surface area contributed by atoms with Gasteiger partial charge in [-0.1, -0.05) is 5.21 Å². The highest BCUT2D eigenvalue weighted by Gasteiger charge is 2.11. The first-order valence-corrected chi connectivity index (χ1v) is 3.79. The number of carboxylic acid groups (broad SMARTS) is 1. The third-order valence-electron chi connectivity index (χ3n) is 1.48. The van der Waals surface area contributed by atoms with Gasteiger partial charge in [-0.3, -0.25) is 4.68 Å². The maximum Gasteiger partial charge on any atom is 0.332 e. The SMILES string of the molecule is C[C@H](OCc1cn(C)nn1)C(=O)O. The second-order valence-corrected chi connectivity index (χ2v) is 2.68. The summed E-state index contributed by atoms with van der Waals surface area (Å²) in [5.41, 5.74) is 0.621. The first kappa shape index (κ1) is 9.66. The van der Waals surface area contributed by atoms with E-state index in [1.165, 1.54) is 11.6 Å². The lowest BCUT2D eigenvalue weighted by Gasteiger charge is -2.05. The van der Waals surface area contributed by atoms with Crippen LogP contribution in [0, 0.1) is 0 Å². The van der Waals surface area contributed by atoms with E-state index in [0.717, 1.165) is 0 Å². The molecule has 0 aliphatic rings. The molecule has 0 bridgehead atoms. The van der Waals surface area contributed by atoms with Gasteiger partial charge in [0.25, 0.3) is 0 Å². The van der Waals surface area contributed by atoms with E-state index in [2.05, 4.69) is 10.3 Å². The second kappa shape index (κ2) is 3.99. The summed E-state index contributed by atoms with van der Waals surface area (Å²) in [6, 6.07) is 0. The number of ether oxygens (including phenoxy) is 1. The Morgan fingerprint density at radius 3 is 3.00 bits per heavy atom. The van der Waals surface area contributed by atoms with Crippen LogP contribution in [-0.2, 0) is 23.2 Å². The molecule has 0 saturated carbocycles. The first-order valence-electron chi connectivity index (χ1n) is 3.79. The largest absolute Gasteiger partial charge is 0.479 e. The number of nitrogens with zero attached hydrogens (tertiary/aromatic N) is 3. The van der Waals surface area contributed by atoms with Crippen LogP contribution in [0.4, 0.5) is 0 Å². The Kier molecular flexibility index (Phi) is 2.97. The molecule has 6 heteroatoms. The molecule has 13 heavy (non-hydrogen) atoms. The summed E-state index contributed by atoms with van der Waals surface area (Å²) >= 11 is 0. The van der Waals surface area contributed by atoms with E-state index in [4.69, 9.17) is 9.84 Å². The molecule has 0 fully saturated rings. The number of aliphatic carboxylic acids is 1. The second-order valence-electron chi connectivity index (χ2n) is 2.68. The molecule has 1 N–H and O–H groups in total. The molecule has 72 valence electrons. The van der Waals surface area contributed by atoms with Gasteiger partial charge in [-0.15, -0.1) is 5.10 Å². The first-order chi connectivity index (χ1) is 6.09. The number of aryl methyl sites for hydroxylation is 1. The molecule has 0 amide bonds. The van der Waals surface area contributed by atoms with Crippen LogP contribution in [0.1, 0.15) is 12.6 Å². The minimum atomic E-state index is -0.983. The van der Waals surface area contributed by atoms with Crippen LogP contribution in [0.15, 0.2) is 6.20 Å². The van der Waals surface area contributed by atoms with E-state index < -0.39 is 12.1 Å². The van der Waals surface area contributed by atoms with Crippen LogP contribution in [-0.4, -0.2) is 32.2 Å². The highest BCUT2D eigenvalue weighted by atomic mass is 16.5. The summed E-state index contributed by atoms with van der Waals surface area (Å²) < 4.78 is 6.52. The van der Waals surface area contributed by atoms with Crippen molar-refractivity contribution in [2.75, 3.05) is 0 Å². The van der Waals surface area contributed by atoms with Crippen molar-refractivity contribution < 1.29 is 14.6 Å². The van der Waals surface area contributed by atoms with Crippen molar-refractivity contribution in [1.82, 2.24) is 15.0 Å². The lowest BCUT2D eigenvalue weighted by molar-refractivity contribution is -0.149. The van der Waals surface area contributed by atoms with Crippen LogP contribution < -0.4 is 0 Å². The molecule has 0 unspecified atom stereocenters. The van der Waals surface area contributed by atoms with Crippen molar-refractivity contribution in [2.24, 2.45) is 7.05 Å². The topological polar surface area (TPSA) is 77.2 Å². The van der Waals surface area contributed by atoms with Crippen molar-refractivity contribution in [3.05, 3.63) is 11.9 Å². The van der Waals surface area contributed by atoms with Gasteiger partial charge >= 0.3 is 5.97 Å². The minimum Gasteiger partial charge on any atom is -0.479 e. The van der Waals surface area contributed by atoms with E-state index in [1.807, 2.05) is 0 Å². The van der Waals surface area contributed by atoms with Gasteiger partial charge in [0.2, 0.25) is 0 Å². The molecule has 0 aliphatic heterocycles. The van der Waals surface area contributed by atoms with Gasteiger partial charge < -0.3 is 9.84 Å². The van der Waals surface area contributed by atoms with Crippen LogP contribution >= 0.6 is 0 Å². The van der Waals surface area contributed by atoms with Crippen molar-refractivity contribution >= 4 is 5.97 Å². The zero-order valence-corrected chi connectivity index (χ0v) is 7.47. The average Bonchev–Trinajstić information content (AvgIpc) is 2.47. The van der Waals surface area contributed by atoms with Crippen LogP contribution in [0.5, 0.6) is 0 Å². The van der Waals surface area contributed by atoms with Crippen LogP contribution in [0.25, 0.3) is 0 Å². The lowest BCUT2D eigenvalue weighted by Crippen LogP contribution is -2.19. The molecule has 0 spiro atoms. The van der Waals surface area contributed by atoms with E-state index in [0.29, 0.717) is 5.69 Å². The van der Waals surface area contributed by atoms with Crippen molar-refractivity contribution in [3.8, 4) is 0 Å². The average molecular weight is 185 g/mol.